The molecular formula is C16H32O. The second-order valence-corrected chi connectivity index (χ2v) is 6.02. The zero-order valence-corrected chi connectivity index (χ0v) is 12.5. The molecule has 0 aliphatic carbocycles. The van der Waals surface area contributed by atoms with Crippen LogP contribution in [0, 0.1) is 5.41 Å². The average molecular weight is 240 g/mol. The normalized spacial score (nSPS) is 11.8. The molecule has 0 N–H and O–H groups in total. The fourth-order valence-electron chi connectivity index (χ4n) is 2.05. The van der Waals surface area contributed by atoms with Crippen LogP contribution in [0.2, 0.25) is 0 Å². The molecule has 0 radical (unpaired) electrons. The van der Waals surface area contributed by atoms with E-state index in [9.17, 15) is 4.79 Å². The highest BCUT2D eigenvalue weighted by molar-refractivity contribution is 5.81. The first kappa shape index (κ1) is 16.7. The van der Waals surface area contributed by atoms with E-state index >= 15 is 0 Å². The van der Waals surface area contributed by atoms with E-state index in [1.165, 1.54) is 57.8 Å². The van der Waals surface area contributed by atoms with Crippen LogP contribution in [-0.4, -0.2) is 5.78 Å². The van der Waals surface area contributed by atoms with Gasteiger partial charge in [0.2, 0.25) is 0 Å². The van der Waals surface area contributed by atoms with Gasteiger partial charge in [-0.05, 0) is 13.3 Å². The molecule has 17 heavy (non-hydrogen) atoms. The van der Waals surface area contributed by atoms with Gasteiger partial charge in [-0.1, -0.05) is 78.6 Å². The number of hydrogen-bond donors (Lipinski definition) is 0. The number of ketones is 1. The fraction of sp³-hybridized carbons (Fsp3) is 0.938. The minimum atomic E-state index is -0.0961. The van der Waals surface area contributed by atoms with Gasteiger partial charge in [-0.2, -0.15) is 0 Å². The molecule has 0 aromatic heterocycles. The Morgan fingerprint density at radius 3 is 1.65 bits per heavy atom. The van der Waals surface area contributed by atoms with E-state index in [4.69, 9.17) is 0 Å². The average Bonchev–Trinajstić information content (AvgIpc) is 2.26. The molecule has 0 spiro atoms. The van der Waals surface area contributed by atoms with E-state index in [0.29, 0.717) is 5.78 Å². The van der Waals surface area contributed by atoms with E-state index in [1.807, 2.05) is 0 Å². The van der Waals surface area contributed by atoms with E-state index in [1.54, 1.807) is 6.92 Å². The number of hydrogen-bond acceptors (Lipinski definition) is 1. The summed E-state index contributed by atoms with van der Waals surface area (Å²) in [6.45, 7) is 8.12. The zero-order valence-electron chi connectivity index (χ0n) is 12.5. The van der Waals surface area contributed by atoms with Gasteiger partial charge in [0.15, 0.2) is 0 Å². The molecule has 0 saturated heterocycles. The summed E-state index contributed by atoms with van der Waals surface area (Å²) in [6, 6.07) is 0. The molecule has 0 amide bonds. The minimum Gasteiger partial charge on any atom is -0.299 e. The van der Waals surface area contributed by atoms with Crippen molar-refractivity contribution in [3.8, 4) is 0 Å². The van der Waals surface area contributed by atoms with Crippen molar-refractivity contribution in [3.05, 3.63) is 0 Å². The Hall–Kier alpha value is -0.330. The summed E-state index contributed by atoms with van der Waals surface area (Å²) in [5.41, 5.74) is -0.0961. The zero-order chi connectivity index (χ0) is 13.1. The van der Waals surface area contributed by atoms with E-state index in [0.717, 1.165) is 6.42 Å². The third kappa shape index (κ3) is 9.38. The summed E-state index contributed by atoms with van der Waals surface area (Å²) in [5.74, 6) is 0.331. The standard InChI is InChI=1S/C16H32O/c1-5-6-7-8-9-10-11-12-13-14-16(3,4)15(2)17/h5-14H2,1-4H3. The lowest BCUT2D eigenvalue weighted by Crippen LogP contribution is -2.20. The smallest absolute Gasteiger partial charge is 0.135 e. The predicted octanol–water partition coefficient (Wildman–Crippen LogP) is 5.52. The highest BCUT2D eigenvalue weighted by atomic mass is 16.1. The predicted molar refractivity (Wildman–Crippen MR) is 76.3 cm³/mol. The van der Waals surface area contributed by atoms with Gasteiger partial charge in [-0.15, -0.1) is 0 Å². The summed E-state index contributed by atoms with van der Waals surface area (Å²) >= 11 is 0. The summed E-state index contributed by atoms with van der Waals surface area (Å²) in [6.07, 6.45) is 13.2. The molecular weight excluding hydrogens is 208 g/mol. The summed E-state index contributed by atoms with van der Waals surface area (Å²) in [5, 5.41) is 0. The molecule has 0 aromatic rings. The van der Waals surface area contributed by atoms with Gasteiger partial charge in [0.1, 0.15) is 5.78 Å². The Morgan fingerprint density at radius 1 is 0.824 bits per heavy atom. The largest absolute Gasteiger partial charge is 0.299 e. The van der Waals surface area contributed by atoms with Gasteiger partial charge >= 0.3 is 0 Å². The Bertz CT molecular complexity index is 194. The Labute approximate surface area is 108 Å². The van der Waals surface area contributed by atoms with Crippen LogP contribution in [0.25, 0.3) is 0 Å². The van der Waals surface area contributed by atoms with Gasteiger partial charge in [-0.25, -0.2) is 0 Å². The highest BCUT2D eigenvalue weighted by Gasteiger charge is 2.22. The minimum absolute atomic E-state index is 0.0961. The molecule has 102 valence electrons. The molecule has 0 aliphatic rings. The van der Waals surface area contributed by atoms with Crippen molar-refractivity contribution in [3.63, 3.8) is 0 Å². The molecule has 0 atom stereocenters. The lowest BCUT2D eigenvalue weighted by molar-refractivity contribution is -0.125. The molecule has 0 unspecified atom stereocenters. The fourth-order valence-corrected chi connectivity index (χ4v) is 2.05. The topological polar surface area (TPSA) is 17.1 Å². The van der Waals surface area contributed by atoms with Gasteiger partial charge in [0, 0.05) is 5.41 Å². The van der Waals surface area contributed by atoms with Crippen molar-refractivity contribution < 1.29 is 4.79 Å². The molecule has 0 aliphatic heterocycles. The highest BCUT2D eigenvalue weighted by Crippen LogP contribution is 2.25. The molecule has 0 aromatic carbocycles. The van der Waals surface area contributed by atoms with E-state index < -0.39 is 0 Å². The second-order valence-electron chi connectivity index (χ2n) is 6.02. The quantitative estimate of drug-likeness (QED) is 0.434. The van der Waals surface area contributed by atoms with Gasteiger partial charge in [0.25, 0.3) is 0 Å². The van der Waals surface area contributed by atoms with Crippen molar-refractivity contribution in [2.75, 3.05) is 0 Å². The van der Waals surface area contributed by atoms with Crippen LogP contribution in [0.3, 0.4) is 0 Å². The third-order valence-corrected chi connectivity index (χ3v) is 3.86. The van der Waals surface area contributed by atoms with Crippen molar-refractivity contribution in [2.45, 2.75) is 91.9 Å². The number of rotatable bonds is 11. The van der Waals surface area contributed by atoms with Crippen molar-refractivity contribution >= 4 is 5.78 Å². The molecule has 1 heteroatoms. The molecule has 0 saturated carbocycles. The molecule has 0 fully saturated rings. The first-order chi connectivity index (χ1) is 8.00. The number of carbonyl (C=O) groups is 1. The van der Waals surface area contributed by atoms with Crippen LogP contribution in [0.1, 0.15) is 91.9 Å². The number of carbonyl (C=O) groups excluding carboxylic acids is 1. The number of unbranched alkanes of at least 4 members (excludes halogenated alkanes) is 8. The van der Waals surface area contributed by atoms with Crippen molar-refractivity contribution in [1.29, 1.82) is 0 Å². The van der Waals surface area contributed by atoms with Crippen LogP contribution < -0.4 is 0 Å². The Balaban J connectivity index is 3.27. The molecule has 0 rings (SSSR count). The lowest BCUT2D eigenvalue weighted by Gasteiger charge is -2.20. The summed E-state index contributed by atoms with van der Waals surface area (Å²) < 4.78 is 0. The van der Waals surface area contributed by atoms with Crippen LogP contribution >= 0.6 is 0 Å². The maximum absolute atomic E-state index is 11.3. The van der Waals surface area contributed by atoms with Crippen LogP contribution in [0.4, 0.5) is 0 Å². The summed E-state index contributed by atoms with van der Waals surface area (Å²) in [7, 11) is 0. The van der Waals surface area contributed by atoms with E-state index in [2.05, 4.69) is 20.8 Å². The third-order valence-electron chi connectivity index (χ3n) is 3.86. The van der Waals surface area contributed by atoms with Crippen LogP contribution in [-0.2, 0) is 4.79 Å². The number of Topliss-reactive ketones (excluding diaryl/α,β-unsaturated/α-hetero) is 1. The Kier molecular flexibility index (Phi) is 9.49. The first-order valence-electron chi connectivity index (χ1n) is 7.51. The maximum Gasteiger partial charge on any atom is 0.135 e. The lowest BCUT2D eigenvalue weighted by atomic mass is 9.83. The van der Waals surface area contributed by atoms with Crippen LogP contribution in [0.15, 0.2) is 0 Å². The van der Waals surface area contributed by atoms with Gasteiger partial charge < -0.3 is 0 Å². The van der Waals surface area contributed by atoms with Crippen LogP contribution in [0.5, 0.6) is 0 Å². The summed E-state index contributed by atoms with van der Waals surface area (Å²) in [4.78, 5) is 11.3. The first-order valence-corrected chi connectivity index (χ1v) is 7.51. The Morgan fingerprint density at radius 2 is 1.24 bits per heavy atom. The molecule has 0 bridgehead atoms. The van der Waals surface area contributed by atoms with Crippen molar-refractivity contribution in [1.82, 2.24) is 0 Å². The molecule has 0 heterocycles. The monoisotopic (exact) mass is 240 g/mol. The van der Waals surface area contributed by atoms with E-state index in [-0.39, 0.29) is 5.41 Å². The van der Waals surface area contributed by atoms with Gasteiger partial charge in [0.05, 0.1) is 0 Å². The van der Waals surface area contributed by atoms with Gasteiger partial charge in [-0.3, -0.25) is 4.79 Å². The molecule has 1 nitrogen and oxygen atoms in total. The maximum atomic E-state index is 11.3. The SMILES string of the molecule is CCCCCCCCCCCC(C)(C)C(C)=O. The van der Waals surface area contributed by atoms with Crippen molar-refractivity contribution in [2.24, 2.45) is 5.41 Å². The second kappa shape index (κ2) is 9.67.